The van der Waals surface area contributed by atoms with E-state index < -0.39 is 11.0 Å². The Morgan fingerprint density at radius 2 is 1.59 bits per heavy atom. The van der Waals surface area contributed by atoms with E-state index >= 15 is 0 Å². The third kappa shape index (κ3) is 2.45. The number of carbonyl (C=O) groups is 1. The summed E-state index contributed by atoms with van der Waals surface area (Å²) >= 11 is 0. The largest absolute Gasteiger partial charge is 0.487 e. The van der Waals surface area contributed by atoms with Gasteiger partial charge < -0.3 is 10.1 Å². The van der Waals surface area contributed by atoms with Crippen molar-refractivity contribution in [3.05, 3.63) is 95.3 Å². The molecule has 0 aromatic heterocycles. The van der Waals surface area contributed by atoms with Crippen LogP contribution in [-0.2, 0) is 16.6 Å². The van der Waals surface area contributed by atoms with Gasteiger partial charge in [-0.3, -0.25) is 4.79 Å². The van der Waals surface area contributed by atoms with Crippen molar-refractivity contribution in [2.75, 3.05) is 5.32 Å². The third-order valence-electron chi connectivity index (χ3n) is 6.39. The minimum absolute atomic E-state index is 0.0798. The molecule has 0 radical (unpaired) electrons. The summed E-state index contributed by atoms with van der Waals surface area (Å²) in [7, 11) is 0. The van der Waals surface area contributed by atoms with Gasteiger partial charge in [0.2, 0.25) is 5.91 Å². The molecule has 2 aliphatic rings. The van der Waals surface area contributed by atoms with Crippen LogP contribution in [0.1, 0.15) is 30.5 Å². The molecule has 1 spiro atoms. The van der Waals surface area contributed by atoms with Crippen LogP contribution in [0.5, 0.6) is 5.75 Å². The predicted octanol–water partition coefficient (Wildman–Crippen LogP) is 5.09. The van der Waals surface area contributed by atoms with Crippen LogP contribution < -0.4 is 10.1 Å². The van der Waals surface area contributed by atoms with Gasteiger partial charge >= 0.3 is 0 Å². The Kier molecular flexibility index (Phi) is 3.82. The molecule has 1 unspecified atom stereocenters. The molecule has 146 valence electrons. The highest BCUT2D eigenvalue weighted by Crippen LogP contribution is 2.57. The highest BCUT2D eigenvalue weighted by atomic mass is 19.1. The summed E-state index contributed by atoms with van der Waals surface area (Å²) in [5.74, 6) is 0.0625. The van der Waals surface area contributed by atoms with Crippen LogP contribution in [0.2, 0.25) is 0 Å². The number of hydrogen-bond acceptors (Lipinski definition) is 2. The summed E-state index contributed by atoms with van der Waals surface area (Å²) in [6.07, 6.45) is 0.385. The van der Waals surface area contributed by atoms with Crippen molar-refractivity contribution >= 4 is 11.6 Å². The first-order chi connectivity index (χ1) is 13.9. The van der Waals surface area contributed by atoms with Gasteiger partial charge in [-0.2, -0.15) is 0 Å². The van der Waals surface area contributed by atoms with E-state index in [0.29, 0.717) is 17.7 Å². The molecule has 0 bridgehead atoms. The number of anilines is 1. The van der Waals surface area contributed by atoms with Gasteiger partial charge in [-0.25, -0.2) is 4.39 Å². The van der Waals surface area contributed by atoms with E-state index in [2.05, 4.69) is 5.32 Å². The van der Waals surface area contributed by atoms with Crippen LogP contribution in [0, 0.1) is 11.7 Å². The second-order valence-corrected chi connectivity index (χ2v) is 8.36. The number of rotatable bonds is 2. The first kappa shape index (κ1) is 17.9. The van der Waals surface area contributed by atoms with Gasteiger partial charge in [0.15, 0.2) is 0 Å². The Balaban J connectivity index is 1.80. The quantitative estimate of drug-likeness (QED) is 0.665. The van der Waals surface area contributed by atoms with Crippen LogP contribution in [0.25, 0.3) is 0 Å². The van der Waals surface area contributed by atoms with Crippen LogP contribution >= 0.6 is 0 Å². The van der Waals surface area contributed by atoms with Crippen molar-refractivity contribution in [3.63, 3.8) is 0 Å². The predicted molar refractivity (Wildman–Crippen MR) is 111 cm³/mol. The number of para-hydroxylation sites is 2. The number of benzene rings is 3. The molecule has 0 saturated heterocycles. The maximum Gasteiger partial charge on any atom is 0.240 e. The van der Waals surface area contributed by atoms with E-state index in [1.54, 1.807) is 12.1 Å². The SMILES string of the molecule is CC1(C)Oc2ccccc2[C@@]2(C(=O)Nc3ccccc32)C1Cc1ccccc1F. The molecule has 0 aliphatic carbocycles. The molecule has 29 heavy (non-hydrogen) atoms. The fourth-order valence-corrected chi connectivity index (χ4v) is 5.12. The van der Waals surface area contributed by atoms with E-state index in [1.165, 1.54) is 6.07 Å². The van der Waals surface area contributed by atoms with Crippen LogP contribution in [0.4, 0.5) is 10.1 Å². The lowest BCUT2D eigenvalue weighted by atomic mass is 9.58. The van der Waals surface area contributed by atoms with Crippen LogP contribution in [0.3, 0.4) is 0 Å². The number of hydrogen-bond donors (Lipinski definition) is 1. The molecule has 1 N–H and O–H groups in total. The monoisotopic (exact) mass is 387 g/mol. The molecule has 3 nitrogen and oxygen atoms in total. The molecule has 2 heterocycles. The summed E-state index contributed by atoms with van der Waals surface area (Å²) in [5.41, 5.74) is 1.52. The Morgan fingerprint density at radius 1 is 0.931 bits per heavy atom. The van der Waals surface area contributed by atoms with Gasteiger partial charge in [0.05, 0.1) is 0 Å². The average Bonchev–Trinajstić information content (AvgIpc) is 2.99. The third-order valence-corrected chi connectivity index (χ3v) is 6.39. The molecule has 0 fully saturated rings. The number of carbonyl (C=O) groups excluding carboxylic acids is 1. The van der Waals surface area contributed by atoms with E-state index in [9.17, 15) is 9.18 Å². The van der Waals surface area contributed by atoms with Crippen molar-refractivity contribution in [3.8, 4) is 5.75 Å². The molecular weight excluding hydrogens is 365 g/mol. The number of amides is 1. The maximum absolute atomic E-state index is 14.6. The average molecular weight is 387 g/mol. The standard InChI is InChI=1S/C25H22FNO2/c1-24(2)22(15-16-9-3-6-12-19(16)26)25(18-11-5-8-14-21(18)29-24)17-10-4-7-13-20(17)27-23(25)28/h3-14,22H,15H2,1-2H3,(H,27,28)/t22?,25-/m1/s1. The minimum Gasteiger partial charge on any atom is -0.487 e. The van der Waals surface area contributed by atoms with Gasteiger partial charge in [0.25, 0.3) is 0 Å². The molecule has 1 amide bonds. The van der Waals surface area contributed by atoms with Gasteiger partial charge in [0.1, 0.15) is 22.6 Å². The molecule has 2 atom stereocenters. The Bertz CT molecular complexity index is 1120. The Hall–Kier alpha value is -3.14. The van der Waals surface area contributed by atoms with Crippen molar-refractivity contribution < 1.29 is 13.9 Å². The molecule has 3 aromatic carbocycles. The van der Waals surface area contributed by atoms with E-state index in [-0.39, 0.29) is 17.6 Å². The first-order valence-corrected chi connectivity index (χ1v) is 9.87. The van der Waals surface area contributed by atoms with Crippen molar-refractivity contribution in [2.24, 2.45) is 5.92 Å². The van der Waals surface area contributed by atoms with Gasteiger partial charge in [-0.05, 0) is 49.6 Å². The molecule has 5 rings (SSSR count). The summed E-state index contributed by atoms with van der Waals surface area (Å²) in [5, 5.41) is 3.08. The van der Waals surface area contributed by atoms with Gasteiger partial charge in [-0.1, -0.05) is 54.6 Å². The van der Waals surface area contributed by atoms with Crippen molar-refractivity contribution in [1.29, 1.82) is 0 Å². The van der Waals surface area contributed by atoms with Crippen LogP contribution in [-0.4, -0.2) is 11.5 Å². The first-order valence-electron chi connectivity index (χ1n) is 9.87. The highest BCUT2D eigenvalue weighted by molar-refractivity contribution is 6.09. The number of halogens is 1. The zero-order chi connectivity index (χ0) is 20.2. The lowest BCUT2D eigenvalue weighted by Crippen LogP contribution is -2.58. The smallest absolute Gasteiger partial charge is 0.240 e. The number of ether oxygens (including phenoxy) is 1. The maximum atomic E-state index is 14.6. The van der Waals surface area contributed by atoms with Gasteiger partial charge in [0, 0.05) is 17.2 Å². The topological polar surface area (TPSA) is 38.3 Å². The van der Waals surface area contributed by atoms with Crippen LogP contribution in [0.15, 0.2) is 72.8 Å². The van der Waals surface area contributed by atoms with E-state index in [0.717, 1.165) is 16.8 Å². The molecule has 0 saturated carbocycles. The lowest BCUT2D eigenvalue weighted by molar-refractivity contribution is -0.126. The Labute approximate surface area is 169 Å². The second-order valence-electron chi connectivity index (χ2n) is 8.36. The highest BCUT2D eigenvalue weighted by Gasteiger charge is 2.62. The number of nitrogens with one attached hydrogen (secondary N) is 1. The number of fused-ring (bicyclic) bond motifs is 4. The molecule has 3 aromatic rings. The normalized spacial score (nSPS) is 23.8. The minimum atomic E-state index is -0.947. The van der Waals surface area contributed by atoms with E-state index in [4.69, 9.17) is 4.74 Å². The fourth-order valence-electron chi connectivity index (χ4n) is 5.12. The lowest BCUT2D eigenvalue weighted by Gasteiger charge is -2.50. The molecular formula is C25H22FNO2. The van der Waals surface area contributed by atoms with Gasteiger partial charge in [-0.15, -0.1) is 0 Å². The zero-order valence-corrected chi connectivity index (χ0v) is 16.4. The molecule has 2 aliphatic heterocycles. The Morgan fingerprint density at radius 3 is 2.38 bits per heavy atom. The summed E-state index contributed by atoms with van der Waals surface area (Å²) in [6.45, 7) is 3.98. The van der Waals surface area contributed by atoms with Crippen molar-refractivity contribution in [2.45, 2.75) is 31.3 Å². The molecule has 4 heteroatoms. The van der Waals surface area contributed by atoms with Crippen molar-refractivity contribution in [1.82, 2.24) is 0 Å². The fraction of sp³-hybridized carbons (Fsp3) is 0.240. The summed E-state index contributed by atoms with van der Waals surface area (Å²) in [6, 6.07) is 22.3. The van der Waals surface area contributed by atoms with E-state index in [1.807, 2.05) is 68.4 Å². The summed E-state index contributed by atoms with van der Waals surface area (Å²) < 4.78 is 21.0. The second kappa shape index (κ2) is 6.18. The zero-order valence-electron chi connectivity index (χ0n) is 16.4. The summed E-state index contributed by atoms with van der Waals surface area (Å²) in [4.78, 5) is 13.7.